The third kappa shape index (κ3) is 4.25. The lowest BCUT2D eigenvalue weighted by Crippen LogP contribution is -2.37. The van der Waals surface area contributed by atoms with Gasteiger partial charge in [-0.25, -0.2) is 9.07 Å². The average Bonchev–Trinajstić information content (AvgIpc) is 3.54. The van der Waals surface area contributed by atoms with Crippen molar-refractivity contribution in [3.63, 3.8) is 0 Å². The lowest BCUT2D eigenvalue weighted by molar-refractivity contribution is -0.124. The van der Waals surface area contributed by atoms with Gasteiger partial charge in [0.05, 0.1) is 28.4 Å². The molecule has 8 heteroatoms. The van der Waals surface area contributed by atoms with Crippen molar-refractivity contribution in [1.82, 2.24) is 20.0 Å². The van der Waals surface area contributed by atoms with E-state index in [0.29, 0.717) is 16.4 Å². The number of nitrogens with one attached hydrogen (secondary N) is 1. The SMILES string of the molecule is C#Cc1cc(F)ccc1-n1ncc2cc(C(c3ccccc3)C(C)(C)C(=O)Nc3nncs3)ccc21. The van der Waals surface area contributed by atoms with Crippen molar-refractivity contribution in [3.8, 4) is 18.0 Å². The minimum Gasteiger partial charge on any atom is -0.300 e. The standard InChI is InChI=1S/C28H22FN5OS/c1-4-18-15-22(29)11-13-23(18)34-24-12-10-20(14-21(24)16-31-34)25(19-8-6-5-7-9-19)28(2,3)26(35)32-27-33-30-17-36-27/h1,5-17,25H,2-3H3,(H,32,33,35). The van der Waals surface area contributed by atoms with Crippen molar-refractivity contribution in [2.75, 3.05) is 5.32 Å². The molecule has 2 aromatic heterocycles. The molecule has 1 N–H and O–H groups in total. The number of hydrogen-bond donors (Lipinski definition) is 1. The van der Waals surface area contributed by atoms with Crippen LogP contribution in [-0.4, -0.2) is 25.9 Å². The molecule has 178 valence electrons. The van der Waals surface area contributed by atoms with Gasteiger partial charge in [0, 0.05) is 11.3 Å². The average molecular weight is 496 g/mol. The number of rotatable bonds is 6. The molecule has 2 heterocycles. The molecule has 0 saturated heterocycles. The van der Waals surface area contributed by atoms with E-state index in [0.717, 1.165) is 22.0 Å². The van der Waals surface area contributed by atoms with E-state index in [1.165, 1.54) is 23.5 Å². The quantitative estimate of drug-likeness (QED) is 0.303. The molecule has 1 unspecified atom stereocenters. The second-order valence-corrected chi connectivity index (χ2v) is 9.78. The molecule has 3 aromatic carbocycles. The lowest BCUT2D eigenvalue weighted by atomic mass is 9.70. The summed E-state index contributed by atoms with van der Waals surface area (Å²) in [6.07, 6.45) is 7.37. The molecule has 0 radical (unpaired) electrons. The maximum Gasteiger partial charge on any atom is 0.232 e. The van der Waals surface area contributed by atoms with E-state index in [1.54, 1.807) is 22.5 Å². The van der Waals surface area contributed by atoms with Crippen molar-refractivity contribution < 1.29 is 9.18 Å². The summed E-state index contributed by atoms with van der Waals surface area (Å²) in [7, 11) is 0. The summed E-state index contributed by atoms with van der Waals surface area (Å²) in [6, 6.07) is 20.2. The second kappa shape index (κ2) is 9.36. The van der Waals surface area contributed by atoms with E-state index in [9.17, 15) is 9.18 Å². The van der Waals surface area contributed by atoms with E-state index >= 15 is 0 Å². The van der Waals surface area contributed by atoms with E-state index in [-0.39, 0.29) is 11.8 Å². The number of anilines is 1. The van der Waals surface area contributed by atoms with Crippen LogP contribution in [0.2, 0.25) is 0 Å². The number of fused-ring (bicyclic) bond motifs is 1. The maximum atomic E-state index is 13.7. The second-order valence-electron chi connectivity index (χ2n) is 8.94. The van der Waals surface area contributed by atoms with Crippen molar-refractivity contribution in [1.29, 1.82) is 0 Å². The van der Waals surface area contributed by atoms with Gasteiger partial charge in [-0.3, -0.25) is 4.79 Å². The predicted molar refractivity (Wildman–Crippen MR) is 140 cm³/mol. The van der Waals surface area contributed by atoms with E-state index < -0.39 is 11.2 Å². The zero-order valence-electron chi connectivity index (χ0n) is 19.6. The normalized spacial score (nSPS) is 12.3. The summed E-state index contributed by atoms with van der Waals surface area (Å²) in [5.74, 6) is 1.72. The fourth-order valence-corrected chi connectivity index (χ4v) is 4.96. The number of carbonyl (C=O) groups is 1. The minimum absolute atomic E-state index is 0.158. The molecule has 0 aliphatic heterocycles. The van der Waals surface area contributed by atoms with Crippen LogP contribution in [0.4, 0.5) is 9.52 Å². The Hall–Kier alpha value is -4.35. The van der Waals surface area contributed by atoms with Crippen LogP contribution in [0.15, 0.2) is 78.4 Å². The van der Waals surface area contributed by atoms with Gasteiger partial charge in [-0.2, -0.15) is 5.10 Å². The van der Waals surface area contributed by atoms with Gasteiger partial charge in [0.1, 0.15) is 11.3 Å². The van der Waals surface area contributed by atoms with Crippen LogP contribution in [0.3, 0.4) is 0 Å². The highest BCUT2D eigenvalue weighted by Crippen LogP contribution is 2.42. The molecule has 0 aliphatic carbocycles. The van der Waals surface area contributed by atoms with Gasteiger partial charge in [0.25, 0.3) is 0 Å². The predicted octanol–water partition coefficient (Wildman–Crippen LogP) is 5.79. The molecule has 5 rings (SSSR count). The lowest BCUT2D eigenvalue weighted by Gasteiger charge is -2.33. The summed E-state index contributed by atoms with van der Waals surface area (Å²) >= 11 is 1.27. The molecule has 1 atom stereocenters. The van der Waals surface area contributed by atoms with Crippen LogP contribution in [0.1, 0.15) is 36.5 Å². The zero-order chi connectivity index (χ0) is 25.3. The molecule has 6 nitrogen and oxygen atoms in total. The molecule has 0 saturated carbocycles. The highest BCUT2D eigenvalue weighted by molar-refractivity contribution is 7.13. The summed E-state index contributed by atoms with van der Waals surface area (Å²) in [5, 5.41) is 16.5. The Bertz CT molecular complexity index is 1590. The number of carbonyl (C=O) groups excluding carboxylic acids is 1. The first-order valence-electron chi connectivity index (χ1n) is 11.3. The van der Waals surface area contributed by atoms with Gasteiger partial charge in [-0.15, -0.1) is 16.6 Å². The molecule has 1 amide bonds. The van der Waals surface area contributed by atoms with Crippen LogP contribution in [-0.2, 0) is 4.79 Å². The third-order valence-corrected chi connectivity index (χ3v) is 6.89. The Kier molecular flexibility index (Phi) is 6.08. The Labute approximate surface area is 211 Å². The third-order valence-electron chi connectivity index (χ3n) is 6.29. The van der Waals surface area contributed by atoms with Crippen molar-refractivity contribution in [2.45, 2.75) is 19.8 Å². The van der Waals surface area contributed by atoms with Crippen LogP contribution in [0.25, 0.3) is 16.6 Å². The molecule has 5 aromatic rings. The molecule has 0 bridgehead atoms. The van der Waals surface area contributed by atoms with Gasteiger partial charge in [-0.05, 0) is 41.5 Å². The van der Waals surface area contributed by atoms with E-state index in [4.69, 9.17) is 6.42 Å². The number of terminal acetylenes is 1. The van der Waals surface area contributed by atoms with Crippen LogP contribution in [0.5, 0.6) is 0 Å². The first-order valence-corrected chi connectivity index (χ1v) is 12.1. The fraction of sp³-hybridized carbons (Fsp3) is 0.143. The topological polar surface area (TPSA) is 72.7 Å². The van der Waals surface area contributed by atoms with Gasteiger partial charge in [-0.1, -0.05) is 67.5 Å². The number of aromatic nitrogens is 4. The molecular formula is C28H22FN5OS. The van der Waals surface area contributed by atoms with Crippen LogP contribution >= 0.6 is 11.3 Å². The minimum atomic E-state index is -0.829. The Morgan fingerprint density at radius 3 is 2.64 bits per heavy atom. The summed E-state index contributed by atoms with van der Waals surface area (Å²) in [4.78, 5) is 13.4. The fourth-order valence-electron chi connectivity index (χ4n) is 4.52. The number of halogens is 1. The molecule has 36 heavy (non-hydrogen) atoms. The Morgan fingerprint density at radius 1 is 1.11 bits per heavy atom. The number of amides is 1. The van der Waals surface area contributed by atoms with Gasteiger partial charge in [0.15, 0.2) is 0 Å². The number of nitrogens with zero attached hydrogens (tertiary/aromatic N) is 4. The van der Waals surface area contributed by atoms with Crippen LogP contribution in [0, 0.1) is 23.6 Å². The van der Waals surface area contributed by atoms with Crippen molar-refractivity contribution in [2.24, 2.45) is 5.41 Å². The van der Waals surface area contributed by atoms with Gasteiger partial charge >= 0.3 is 0 Å². The number of hydrogen-bond acceptors (Lipinski definition) is 5. The first-order chi connectivity index (χ1) is 17.4. The summed E-state index contributed by atoms with van der Waals surface area (Å²) in [6.45, 7) is 3.85. The smallest absolute Gasteiger partial charge is 0.232 e. The monoisotopic (exact) mass is 495 g/mol. The van der Waals surface area contributed by atoms with E-state index in [2.05, 4.69) is 26.5 Å². The zero-order valence-corrected chi connectivity index (χ0v) is 20.5. The highest BCUT2D eigenvalue weighted by atomic mass is 32.1. The van der Waals surface area contributed by atoms with Gasteiger partial charge in [0.2, 0.25) is 11.0 Å². The first kappa shape index (κ1) is 23.4. The highest BCUT2D eigenvalue weighted by Gasteiger charge is 2.39. The van der Waals surface area contributed by atoms with Gasteiger partial charge < -0.3 is 5.32 Å². The van der Waals surface area contributed by atoms with Crippen molar-refractivity contribution >= 4 is 33.3 Å². The molecule has 0 spiro atoms. The summed E-state index contributed by atoms with van der Waals surface area (Å²) < 4.78 is 15.4. The van der Waals surface area contributed by atoms with E-state index in [1.807, 2.05) is 62.4 Å². The molecular weight excluding hydrogens is 473 g/mol. The largest absolute Gasteiger partial charge is 0.300 e. The van der Waals surface area contributed by atoms with Crippen molar-refractivity contribution in [3.05, 3.63) is 101 Å². The Balaban J connectivity index is 1.59. The Morgan fingerprint density at radius 2 is 1.92 bits per heavy atom. The molecule has 0 fully saturated rings. The number of benzene rings is 3. The van der Waals surface area contributed by atoms with Crippen LogP contribution < -0.4 is 5.32 Å². The maximum absolute atomic E-state index is 13.7. The summed E-state index contributed by atoms with van der Waals surface area (Å²) in [5.41, 5.74) is 4.58. The molecule has 0 aliphatic rings.